The molecule has 0 atom stereocenters. The molecule has 0 aliphatic rings. The first-order chi connectivity index (χ1) is 16.8. The van der Waals surface area contributed by atoms with Gasteiger partial charge in [0.1, 0.15) is 40.3 Å². The largest absolute Gasteiger partial charge is 0.508 e. The number of ether oxygens (including phenoxy) is 2. The van der Waals surface area contributed by atoms with E-state index < -0.39 is 19.7 Å². The average Bonchev–Trinajstić information content (AvgIpc) is 2.88. The third-order valence-corrected chi connectivity index (χ3v) is 8.69. The van der Waals surface area contributed by atoms with Crippen LogP contribution in [0.15, 0.2) is 123 Å². The second-order valence-electron chi connectivity index (χ2n) is 7.40. The van der Waals surface area contributed by atoms with E-state index in [9.17, 15) is 21.9 Å². The SMILES string of the molecule is O=S(=O)(c1ccccc1)c1ccccc1OCCOc1ccccc1S(=O)(=O)c1ccc(O)cc1. The van der Waals surface area contributed by atoms with Crippen LogP contribution in [0.3, 0.4) is 0 Å². The summed E-state index contributed by atoms with van der Waals surface area (Å²) in [6.07, 6.45) is 0. The molecule has 0 aromatic heterocycles. The van der Waals surface area contributed by atoms with Gasteiger partial charge < -0.3 is 14.6 Å². The molecule has 0 radical (unpaired) electrons. The molecule has 4 rings (SSSR count). The smallest absolute Gasteiger partial charge is 0.210 e. The first kappa shape index (κ1) is 24.3. The van der Waals surface area contributed by atoms with Crippen molar-refractivity contribution in [1.82, 2.24) is 0 Å². The average molecular weight is 511 g/mol. The minimum Gasteiger partial charge on any atom is -0.508 e. The molecule has 1 N–H and O–H groups in total. The number of rotatable bonds is 9. The lowest BCUT2D eigenvalue weighted by Gasteiger charge is -2.14. The highest BCUT2D eigenvalue weighted by Gasteiger charge is 2.23. The van der Waals surface area contributed by atoms with E-state index in [0.29, 0.717) is 0 Å². The van der Waals surface area contributed by atoms with Crippen molar-refractivity contribution in [2.24, 2.45) is 0 Å². The normalized spacial score (nSPS) is 11.7. The summed E-state index contributed by atoms with van der Waals surface area (Å²) in [4.78, 5) is 0.169. The predicted octanol–water partition coefficient (Wildman–Crippen LogP) is 4.52. The van der Waals surface area contributed by atoms with Crippen LogP contribution in [-0.4, -0.2) is 35.2 Å². The summed E-state index contributed by atoms with van der Waals surface area (Å²) in [5, 5.41) is 9.45. The summed E-state index contributed by atoms with van der Waals surface area (Å²) in [7, 11) is -7.67. The van der Waals surface area contributed by atoms with Crippen LogP contribution in [0.1, 0.15) is 0 Å². The highest BCUT2D eigenvalue weighted by Crippen LogP contribution is 2.31. The molecule has 0 unspecified atom stereocenters. The molecule has 4 aromatic carbocycles. The van der Waals surface area contributed by atoms with E-state index in [1.807, 2.05) is 0 Å². The molecule has 0 bridgehead atoms. The lowest BCUT2D eigenvalue weighted by atomic mass is 10.3. The molecule has 35 heavy (non-hydrogen) atoms. The maximum atomic E-state index is 13.1. The van der Waals surface area contributed by atoms with Crippen molar-refractivity contribution in [1.29, 1.82) is 0 Å². The van der Waals surface area contributed by atoms with Crippen LogP contribution in [0.25, 0.3) is 0 Å². The molecular formula is C26H22O7S2. The molecule has 0 saturated carbocycles. The fourth-order valence-electron chi connectivity index (χ4n) is 3.36. The number of phenols is 1. The molecule has 4 aromatic rings. The van der Waals surface area contributed by atoms with Crippen molar-refractivity contribution in [2.45, 2.75) is 19.6 Å². The standard InChI is InChI=1S/C26H22O7S2/c27-20-14-16-22(17-15-20)35(30,31)26-13-7-5-11-24(26)33-19-18-32-23-10-4-6-12-25(23)34(28,29)21-8-2-1-3-9-21/h1-17,27H,18-19H2. The van der Waals surface area contributed by atoms with Gasteiger partial charge in [-0.15, -0.1) is 0 Å². The topological polar surface area (TPSA) is 107 Å². The second kappa shape index (κ2) is 10.2. The fourth-order valence-corrected chi connectivity index (χ4v) is 6.18. The van der Waals surface area contributed by atoms with Gasteiger partial charge in [0.2, 0.25) is 19.7 Å². The van der Waals surface area contributed by atoms with Gasteiger partial charge in [-0.1, -0.05) is 42.5 Å². The van der Waals surface area contributed by atoms with E-state index in [2.05, 4.69) is 0 Å². The summed E-state index contributed by atoms with van der Waals surface area (Å²) in [5.74, 6) is 0.263. The van der Waals surface area contributed by atoms with Crippen molar-refractivity contribution < 1.29 is 31.4 Å². The molecule has 0 heterocycles. The third kappa shape index (κ3) is 5.31. The van der Waals surface area contributed by atoms with Crippen LogP contribution >= 0.6 is 0 Å². The Morgan fingerprint density at radius 2 is 0.914 bits per heavy atom. The Bertz CT molecular complexity index is 1510. The lowest BCUT2D eigenvalue weighted by molar-refractivity contribution is 0.210. The summed E-state index contributed by atoms with van der Waals surface area (Å²) < 4.78 is 63.6. The van der Waals surface area contributed by atoms with Crippen molar-refractivity contribution in [2.75, 3.05) is 13.2 Å². The fraction of sp³-hybridized carbons (Fsp3) is 0.0769. The van der Waals surface area contributed by atoms with Crippen LogP contribution in [0.5, 0.6) is 17.2 Å². The Balaban J connectivity index is 1.49. The van der Waals surface area contributed by atoms with Crippen molar-refractivity contribution >= 4 is 19.7 Å². The molecule has 7 nitrogen and oxygen atoms in total. The Kier molecular flexibility index (Phi) is 7.09. The first-order valence-corrected chi connectivity index (χ1v) is 13.5. The number of aromatic hydroxyl groups is 1. The zero-order chi connectivity index (χ0) is 24.9. The number of benzene rings is 4. The molecule has 0 aliphatic carbocycles. The van der Waals surface area contributed by atoms with Gasteiger partial charge in [-0.3, -0.25) is 0 Å². The number of para-hydroxylation sites is 2. The van der Waals surface area contributed by atoms with E-state index in [1.54, 1.807) is 48.5 Å². The van der Waals surface area contributed by atoms with Crippen LogP contribution in [0.4, 0.5) is 0 Å². The van der Waals surface area contributed by atoms with E-state index >= 15 is 0 Å². The zero-order valence-corrected chi connectivity index (χ0v) is 20.1. The second-order valence-corrected chi connectivity index (χ2v) is 11.2. The maximum Gasteiger partial charge on any atom is 0.210 e. The predicted molar refractivity (Wildman–Crippen MR) is 129 cm³/mol. The van der Waals surface area contributed by atoms with Gasteiger partial charge in [-0.2, -0.15) is 0 Å². The number of hydrogen-bond donors (Lipinski definition) is 1. The quantitative estimate of drug-likeness (QED) is 0.330. The molecule has 0 aliphatic heterocycles. The van der Waals surface area contributed by atoms with Gasteiger partial charge in [-0.25, -0.2) is 16.8 Å². The Labute approximate surface area is 204 Å². The van der Waals surface area contributed by atoms with Crippen LogP contribution < -0.4 is 9.47 Å². The van der Waals surface area contributed by atoms with Gasteiger partial charge in [-0.05, 0) is 60.7 Å². The van der Waals surface area contributed by atoms with Gasteiger partial charge in [0, 0.05) is 0 Å². The van der Waals surface area contributed by atoms with Gasteiger partial charge in [0.15, 0.2) is 0 Å². The third-order valence-electron chi connectivity index (χ3n) is 5.08. The summed E-state index contributed by atoms with van der Waals surface area (Å²) in [6, 6.07) is 25.8. The number of phenolic OH excluding ortho intramolecular Hbond substituents is 1. The lowest BCUT2D eigenvalue weighted by Crippen LogP contribution is -2.13. The van der Waals surface area contributed by atoms with Gasteiger partial charge in [0.25, 0.3) is 0 Å². The summed E-state index contributed by atoms with van der Waals surface area (Å²) in [6.45, 7) is -0.0449. The van der Waals surface area contributed by atoms with Crippen molar-refractivity contribution in [3.63, 3.8) is 0 Å². The summed E-state index contributed by atoms with van der Waals surface area (Å²) >= 11 is 0. The van der Waals surface area contributed by atoms with E-state index in [0.717, 1.165) is 0 Å². The molecule has 180 valence electrons. The Hall–Kier alpha value is -3.82. The van der Waals surface area contributed by atoms with Crippen molar-refractivity contribution in [3.05, 3.63) is 103 Å². The minimum atomic E-state index is -3.89. The number of sulfone groups is 2. The number of hydrogen-bond acceptors (Lipinski definition) is 7. The van der Waals surface area contributed by atoms with Crippen LogP contribution in [0, 0.1) is 0 Å². The zero-order valence-electron chi connectivity index (χ0n) is 18.4. The summed E-state index contributed by atoms with van der Waals surface area (Å²) in [5.41, 5.74) is 0. The molecule has 0 fully saturated rings. The van der Waals surface area contributed by atoms with E-state index in [4.69, 9.17) is 9.47 Å². The van der Waals surface area contributed by atoms with E-state index in [1.165, 1.54) is 54.6 Å². The molecule has 0 saturated heterocycles. The molecule has 0 amide bonds. The van der Waals surface area contributed by atoms with Crippen LogP contribution in [-0.2, 0) is 19.7 Å². The molecular weight excluding hydrogens is 488 g/mol. The monoisotopic (exact) mass is 510 g/mol. The van der Waals surface area contributed by atoms with E-state index in [-0.39, 0.29) is 50.0 Å². The van der Waals surface area contributed by atoms with Gasteiger partial charge in [0.05, 0.1) is 9.79 Å². The molecule has 0 spiro atoms. The Morgan fingerprint density at radius 1 is 0.514 bits per heavy atom. The first-order valence-electron chi connectivity index (χ1n) is 10.6. The highest BCUT2D eigenvalue weighted by molar-refractivity contribution is 7.92. The van der Waals surface area contributed by atoms with Crippen LogP contribution in [0.2, 0.25) is 0 Å². The van der Waals surface area contributed by atoms with Gasteiger partial charge >= 0.3 is 0 Å². The molecule has 9 heteroatoms. The minimum absolute atomic E-state index is 0.0163. The maximum absolute atomic E-state index is 13.1. The van der Waals surface area contributed by atoms with Crippen molar-refractivity contribution in [3.8, 4) is 17.2 Å². The highest BCUT2D eigenvalue weighted by atomic mass is 32.2. The Morgan fingerprint density at radius 3 is 1.40 bits per heavy atom.